The Kier molecular flexibility index (Phi) is 6.45. The Morgan fingerprint density at radius 3 is 2.88 bits per heavy atom. The maximum absolute atomic E-state index is 12.9. The SMILES string of the molecule is CC(C)C[C@H](N)c1nc(C(=O)N2C[C@H]3CCCN3C(=O)[C@H]2C)cs1.Cl. The molecule has 2 saturated heterocycles. The summed E-state index contributed by atoms with van der Waals surface area (Å²) in [6.07, 6.45) is 2.84. The fraction of sp³-hybridized carbons (Fsp3) is 0.706. The van der Waals surface area contributed by atoms with Crippen LogP contribution in [-0.4, -0.2) is 51.8 Å². The lowest BCUT2D eigenvalue weighted by Crippen LogP contribution is -2.60. The third kappa shape index (κ3) is 3.99. The minimum Gasteiger partial charge on any atom is -0.336 e. The van der Waals surface area contributed by atoms with Crippen molar-refractivity contribution in [2.24, 2.45) is 11.7 Å². The molecule has 6 nitrogen and oxygen atoms in total. The minimum atomic E-state index is -0.415. The van der Waals surface area contributed by atoms with Gasteiger partial charge >= 0.3 is 0 Å². The molecule has 0 saturated carbocycles. The number of carbonyl (C=O) groups excluding carboxylic acids is 2. The molecule has 1 aromatic heterocycles. The molecule has 2 N–H and O–H groups in total. The molecule has 3 heterocycles. The van der Waals surface area contributed by atoms with E-state index in [0.717, 1.165) is 30.8 Å². The maximum Gasteiger partial charge on any atom is 0.274 e. The summed E-state index contributed by atoms with van der Waals surface area (Å²) in [5.74, 6) is 0.391. The molecule has 0 radical (unpaired) electrons. The highest BCUT2D eigenvalue weighted by atomic mass is 35.5. The standard InChI is InChI=1S/C17H26N4O2S.ClH/c1-10(2)7-13(18)15-19-14(9-24-15)17(23)21-8-12-5-4-6-20(12)16(22)11(21)3;/h9-13H,4-8,18H2,1-3H3;1H/t11-,12-,13+;/m1./s1. The molecular formula is C17H27ClN4O2S. The zero-order valence-corrected chi connectivity index (χ0v) is 16.6. The van der Waals surface area contributed by atoms with Crippen LogP contribution >= 0.6 is 23.7 Å². The van der Waals surface area contributed by atoms with E-state index in [9.17, 15) is 9.59 Å². The molecule has 0 unspecified atom stereocenters. The summed E-state index contributed by atoms with van der Waals surface area (Å²) in [6.45, 7) is 7.48. The monoisotopic (exact) mass is 386 g/mol. The Bertz CT molecular complexity index is 636. The Morgan fingerprint density at radius 1 is 1.48 bits per heavy atom. The molecule has 3 atom stereocenters. The zero-order chi connectivity index (χ0) is 17.4. The number of nitrogens with two attached hydrogens (primary N) is 1. The summed E-state index contributed by atoms with van der Waals surface area (Å²) in [6, 6.07) is -0.387. The largest absolute Gasteiger partial charge is 0.336 e. The Balaban J connectivity index is 0.00000225. The minimum absolute atomic E-state index is 0. The number of hydrogen-bond donors (Lipinski definition) is 1. The molecule has 140 valence electrons. The molecule has 2 aliphatic rings. The van der Waals surface area contributed by atoms with Crippen LogP contribution in [0.3, 0.4) is 0 Å². The predicted octanol–water partition coefficient (Wildman–Crippen LogP) is 2.45. The third-order valence-electron chi connectivity index (χ3n) is 4.94. The number of thiazole rings is 1. The van der Waals surface area contributed by atoms with Crippen LogP contribution in [0.15, 0.2) is 5.38 Å². The van der Waals surface area contributed by atoms with Gasteiger partial charge in [-0.05, 0) is 32.1 Å². The number of aromatic nitrogens is 1. The second-order valence-corrected chi connectivity index (χ2v) is 8.16. The number of fused-ring (bicyclic) bond motifs is 1. The van der Waals surface area contributed by atoms with E-state index in [2.05, 4.69) is 18.8 Å². The third-order valence-corrected chi connectivity index (χ3v) is 5.91. The van der Waals surface area contributed by atoms with Gasteiger partial charge in [-0.15, -0.1) is 23.7 Å². The van der Waals surface area contributed by atoms with E-state index in [1.807, 2.05) is 11.8 Å². The van der Waals surface area contributed by atoms with Gasteiger partial charge in [-0.2, -0.15) is 0 Å². The first-order valence-corrected chi connectivity index (χ1v) is 9.59. The van der Waals surface area contributed by atoms with Gasteiger partial charge in [0.05, 0.1) is 6.04 Å². The van der Waals surface area contributed by atoms with Gasteiger partial charge in [0.15, 0.2) is 0 Å². The highest BCUT2D eigenvalue weighted by Crippen LogP contribution is 2.28. The van der Waals surface area contributed by atoms with E-state index in [4.69, 9.17) is 5.73 Å². The normalized spacial score (nSPS) is 24.3. The van der Waals surface area contributed by atoms with Crippen molar-refractivity contribution in [1.29, 1.82) is 0 Å². The van der Waals surface area contributed by atoms with E-state index >= 15 is 0 Å². The maximum atomic E-state index is 12.9. The van der Waals surface area contributed by atoms with Gasteiger partial charge in [0.25, 0.3) is 5.91 Å². The highest BCUT2D eigenvalue weighted by Gasteiger charge is 2.42. The molecule has 2 amide bonds. The summed E-state index contributed by atoms with van der Waals surface area (Å²) in [5.41, 5.74) is 6.59. The lowest BCUT2D eigenvalue weighted by atomic mass is 10.1. The molecule has 0 aromatic carbocycles. The second-order valence-electron chi connectivity index (χ2n) is 7.27. The van der Waals surface area contributed by atoms with E-state index in [0.29, 0.717) is 18.2 Å². The van der Waals surface area contributed by atoms with E-state index in [-0.39, 0.29) is 36.3 Å². The van der Waals surface area contributed by atoms with Crippen LogP contribution in [0, 0.1) is 5.92 Å². The van der Waals surface area contributed by atoms with E-state index < -0.39 is 6.04 Å². The first-order valence-electron chi connectivity index (χ1n) is 8.71. The van der Waals surface area contributed by atoms with Crippen molar-refractivity contribution in [3.05, 3.63) is 16.1 Å². The number of amides is 2. The lowest BCUT2D eigenvalue weighted by molar-refractivity contribution is -0.141. The van der Waals surface area contributed by atoms with Gasteiger partial charge in [0.2, 0.25) is 5.91 Å². The van der Waals surface area contributed by atoms with Crippen LogP contribution < -0.4 is 5.73 Å². The number of hydrogen-bond acceptors (Lipinski definition) is 5. The number of carbonyl (C=O) groups is 2. The Morgan fingerprint density at radius 2 is 2.20 bits per heavy atom. The van der Waals surface area contributed by atoms with Crippen molar-refractivity contribution in [3.8, 4) is 0 Å². The molecule has 25 heavy (non-hydrogen) atoms. The van der Waals surface area contributed by atoms with E-state index in [1.165, 1.54) is 11.3 Å². The van der Waals surface area contributed by atoms with Crippen LogP contribution in [0.1, 0.15) is 61.6 Å². The quantitative estimate of drug-likeness (QED) is 0.861. The topological polar surface area (TPSA) is 79.5 Å². The van der Waals surface area contributed by atoms with Gasteiger partial charge < -0.3 is 15.5 Å². The molecule has 0 spiro atoms. The molecule has 3 rings (SSSR count). The van der Waals surface area contributed by atoms with Crippen molar-refractivity contribution >= 4 is 35.6 Å². The molecule has 0 bridgehead atoms. The molecule has 8 heteroatoms. The van der Waals surface area contributed by atoms with Crippen LogP contribution in [-0.2, 0) is 4.79 Å². The van der Waals surface area contributed by atoms with Gasteiger partial charge in [0, 0.05) is 24.5 Å². The zero-order valence-electron chi connectivity index (χ0n) is 15.0. The summed E-state index contributed by atoms with van der Waals surface area (Å²) < 4.78 is 0. The van der Waals surface area contributed by atoms with Crippen LogP contribution in [0.4, 0.5) is 0 Å². The fourth-order valence-corrected chi connectivity index (χ4v) is 4.45. The van der Waals surface area contributed by atoms with Crippen molar-refractivity contribution in [2.45, 2.75) is 58.2 Å². The second kappa shape index (κ2) is 8.01. The first kappa shape index (κ1) is 20.1. The van der Waals surface area contributed by atoms with Gasteiger partial charge in [-0.3, -0.25) is 9.59 Å². The van der Waals surface area contributed by atoms with Gasteiger partial charge in [-0.1, -0.05) is 13.8 Å². The smallest absolute Gasteiger partial charge is 0.274 e. The number of piperazine rings is 1. The van der Waals surface area contributed by atoms with Crippen molar-refractivity contribution in [3.63, 3.8) is 0 Å². The van der Waals surface area contributed by atoms with Crippen LogP contribution in [0.2, 0.25) is 0 Å². The first-order chi connectivity index (χ1) is 11.4. The average Bonchev–Trinajstić information content (AvgIpc) is 3.18. The molecule has 2 aliphatic heterocycles. The van der Waals surface area contributed by atoms with Crippen molar-refractivity contribution < 1.29 is 9.59 Å². The predicted molar refractivity (Wildman–Crippen MR) is 101 cm³/mol. The lowest BCUT2D eigenvalue weighted by Gasteiger charge is -2.41. The number of rotatable bonds is 4. The molecule has 2 fully saturated rings. The number of nitrogens with zero attached hydrogens (tertiary/aromatic N) is 3. The average molecular weight is 387 g/mol. The molecule has 0 aliphatic carbocycles. The Hall–Kier alpha value is -1.18. The summed E-state index contributed by atoms with van der Waals surface area (Å²) in [4.78, 5) is 33.4. The summed E-state index contributed by atoms with van der Waals surface area (Å²) in [5, 5.41) is 2.57. The Labute approximate surface area is 159 Å². The molecule has 1 aromatic rings. The van der Waals surface area contributed by atoms with Crippen LogP contribution in [0.5, 0.6) is 0 Å². The van der Waals surface area contributed by atoms with Crippen molar-refractivity contribution in [2.75, 3.05) is 13.1 Å². The van der Waals surface area contributed by atoms with Gasteiger partial charge in [0.1, 0.15) is 16.7 Å². The fourth-order valence-electron chi connectivity index (χ4n) is 3.64. The van der Waals surface area contributed by atoms with Crippen molar-refractivity contribution in [1.82, 2.24) is 14.8 Å². The van der Waals surface area contributed by atoms with Crippen LogP contribution in [0.25, 0.3) is 0 Å². The summed E-state index contributed by atoms with van der Waals surface area (Å²) in [7, 11) is 0. The number of halogens is 1. The van der Waals surface area contributed by atoms with E-state index in [1.54, 1.807) is 10.3 Å². The summed E-state index contributed by atoms with van der Waals surface area (Å²) >= 11 is 1.43. The molecular weight excluding hydrogens is 360 g/mol. The van der Waals surface area contributed by atoms with Gasteiger partial charge in [-0.25, -0.2) is 4.98 Å². The highest BCUT2D eigenvalue weighted by molar-refractivity contribution is 7.09.